The lowest BCUT2D eigenvalue weighted by Gasteiger charge is -2.34. The standard InChI is InChI=1S/C21H23FN4O2/c1-13-12-23-21(28-13)14-7-8-15(19(27)11-14)17-9-10-20(25-24-17)26(2)18-6-4-3-5-16(18)22/h7-12,16,18,27H,3-6H2,1-2H3/t16-,18+/m1/s1. The van der Waals surface area contributed by atoms with Crippen molar-refractivity contribution < 1.29 is 13.9 Å². The molecule has 0 aliphatic heterocycles. The lowest BCUT2D eigenvalue weighted by atomic mass is 9.92. The summed E-state index contributed by atoms with van der Waals surface area (Å²) in [5.41, 5.74) is 1.80. The van der Waals surface area contributed by atoms with Gasteiger partial charge in [0.2, 0.25) is 5.89 Å². The number of aromatic nitrogens is 3. The van der Waals surface area contributed by atoms with Gasteiger partial charge in [0.25, 0.3) is 0 Å². The molecule has 1 aliphatic carbocycles. The molecule has 1 aromatic carbocycles. The van der Waals surface area contributed by atoms with Crippen molar-refractivity contribution in [1.29, 1.82) is 0 Å². The Kier molecular flexibility index (Phi) is 4.98. The predicted octanol–water partition coefficient (Wildman–Crippen LogP) is 4.53. The number of halogens is 1. The van der Waals surface area contributed by atoms with Crippen LogP contribution in [0.2, 0.25) is 0 Å². The highest BCUT2D eigenvalue weighted by Gasteiger charge is 2.29. The lowest BCUT2D eigenvalue weighted by Crippen LogP contribution is -2.41. The van der Waals surface area contributed by atoms with E-state index in [0.29, 0.717) is 40.7 Å². The van der Waals surface area contributed by atoms with E-state index < -0.39 is 6.17 Å². The number of nitrogens with zero attached hydrogens (tertiary/aromatic N) is 4. The van der Waals surface area contributed by atoms with Gasteiger partial charge in [-0.1, -0.05) is 12.8 Å². The first-order chi connectivity index (χ1) is 13.5. The zero-order chi connectivity index (χ0) is 19.7. The van der Waals surface area contributed by atoms with Gasteiger partial charge in [-0.25, -0.2) is 9.37 Å². The first kappa shape index (κ1) is 18.4. The molecule has 2 aromatic heterocycles. The highest BCUT2D eigenvalue weighted by molar-refractivity contribution is 5.71. The summed E-state index contributed by atoms with van der Waals surface area (Å²) in [5, 5.41) is 18.9. The van der Waals surface area contributed by atoms with E-state index in [-0.39, 0.29) is 11.8 Å². The average Bonchev–Trinajstić information content (AvgIpc) is 3.14. The molecule has 0 unspecified atom stereocenters. The van der Waals surface area contributed by atoms with Crippen LogP contribution in [0.1, 0.15) is 31.4 Å². The van der Waals surface area contributed by atoms with Crippen LogP contribution in [0.25, 0.3) is 22.7 Å². The zero-order valence-corrected chi connectivity index (χ0v) is 16.0. The average molecular weight is 382 g/mol. The van der Waals surface area contributed by atoms with Gasteiger partial charge in [0, 0.05) is 18.2 Å². The van der Waals surface area contributed by atoms with Gasteiger partial charge in [-0.3, -0.25) is 0 Å². The summed E-state index contributed by atoms with van der Waals surface area (Å²) in [7, 11) is 1.86. The molecule has 6 nitrogen and oxygen atoms in total. The van der Waals surface area contributed by atoms with Crippen LogP contribution >= 0.6 is 0 Å². The van der Waals surface area contributed by atoms with Gasteiger partial charge in [0.05, 0.1) is 17.9 Å². The molecule has 1 N–H and O–H groups in total. The summed E-state index contributed by atoms with van der Waals surface area (Å²) in [6.45, 7) is 1.82. The molecule has 0 spiro atoms. The number of anilines is 1. The van der Waals surface area contributed by atoms with Crippen molar-refractivity contribution in [3.63, 3.8) is 0 Å². The largest absolute Gasteiger partial charge is 0.507 e. The third-order valence-corrected chi connectivity index (χ3v) is 5.30. The van der Waals surface area contributed by atoms with Crippen molar-refractivity contribution >= 4 is 5.82 Å². The SMILES string of the molecule is Cc1cnc(-c2ccc(-c3ccc(N(C)[C@H]4CCCC[C@H]4F)nn3)c(O)c2)o1. The lowest BCUT2D eigenvalue weighted by molar-refractivity contribution is 0.213. The number of oxazole rings is 1. The second-order valence-corrected chi connectivity index (χ2v) is 7.26. The fourth-order valence-electron chi connectivity index (χ4n) is 3.70. The fraction of sp³-hybridized carbons (Fsp3) is 0.381. The van der Waals surface area contributed by atoms with Crippen LogP contribution in [0, 0.1) is 6.92 Å². The molecular weight excluding hydrogens is 359 g/mol. The molecule has 0 amide bonds. The van der Waals surface area contributed by atoms with Crippen LogP contribution in [0.5, 0.6) is 5.75 Å². The molecule has 3 aromatic rings. The van der Waals surface area contributed by atoms with E-state index in [9.17, 15) is 9.50 Å². The van der Waals surface area contributed by atoms with Crippen LogP contribution in [-0.4, -0.2) is 39.5 Å². The fourth-order valence-corrected chi connectivity index (χ4v) is 3.70. The van der Waals surface area contributed by atoms with Crippen LogP contribution in [0.4, 0.5) is 10.2 Å². The number of hydrogen-bond donors (Lipinski definition) is 1. The number of hydrogen-bond acceptors (Lipinski definition) is 6. The maximum Gasteiger partial charge on any atom is 0.226 e. The Bertz CT molecular complexity index is 957. The van der Waals surface area contributed by atoms with Gasteiger partial charge >= 0.3 is 0 Å². The Morgan fingerprint density at radius 3 is 2.61 bits per heavy atom. The Morgan fingerprint density at radius 2 is 1.96 bits per heavy atom. The molecule has 1 aliphatic rings. The van der Waals surface area contributed by atoms with Gasteiger partial charge in [-0.2, -0.15) is 0 Å². The zero-order valence-electron chi connectivity index (χ0n) is 16.0. The third kappa shape index (κ3) is 3.56. The molecular formula is C21H23FN4O2. The van der Waals surface area contributed by atoms with Crippen LogP contribution < -0.4 is 4.90 Å². The number of rotatable bonds is 4. The molecule has 28 heavy (non-hydrogen) atoms. The second kappa shape index (κ2) is 7.58. The smallest absolute Gasteiger partial charge is 0.226 e. The van der Waals surface area contributed by atoms with Gasteiger partial charge in [-0.05, 0) is 50.1 Å². The molecule has 2 heterocycles. The van der Waals surface area contributed by atoms with E-state index in [1.807, 2.05) is 31.0 Å². The minimum absolute atomic E-state index is 0.0693. The molecule has 0 radical (unpaired) electrons. The number of phenolic OH excluding ortho intramolecular Hbond substituents is 1. The van der Waals surface area contributed by atoms with Gasteiger partial charge < -0.3 is 14.4 Å². The van der Waals surface area contributed by atoms with E-state index in [4.69, 9.17) is 4.42 Å². The van der Waals surface area contributed by atoms with E-state index in [1.54, 1.807) is 24.4 Å². The summed E-state index contributed by atoms with van der Waals surface area (Å²) in [6, 6.07) is 8.62. The first-order valence-corrected chi connectivity index (χ1v) is 9.50. The van der Waals surface area contributed by atoms with Crippen LogP contribution in [0.3, 0.4) is 0 Å². The topological polar surface area (TPSA) is 75.3 Å². The Labute approximate surface area is 163 Å². The third-order valence-electron chi connectivity index (χ3n) is 5.30. The monoisotopic (exact) mass is 382 g/mol. The minimum Gasteiger partial charge on any atom is -0.507 e. The van der Waals surface area contributed by atoms with Crippen LogP contribution in [-0.2, 0) is 0 Å². The molecule has 1 saturated carbocycles. The highest BCUT2D eigenvalue weighted by Crippen LogP contribution is 2.33. The van der Waals surface area contributed by atoms with Crippen molar-refractivity contribution in [3.05, 3.63) is 42.3 Å². The van der Waals surface area contributed by atoms with Crippen molar-refractivity contribution in [2.75, 3.05) is 11.9 Å². The molecule has 4 rings (SSSR count). The van der Waals surface area contributed by atoms with E-state index in [1.165, 1.54) is 0 Å². The number of aromatic hydroxyl groups is 1. The highest BCUT2D eigenvalue weighted by atomic mass is 19.1. The summed E-state index contributed by atoms with van der Waals surface area (Å²) in [4.78, 5) is 6.04. The number of aryl methyl sites for hydroxylation is 1. The maximum atomic E-state index is 14.2. The number of phenols is 1. The normalized spacial score (nSPS) is 19.5. The Balaban J connectivity index is 1.55. The molecule has 0 saturated heterocycles. The minimum atomic E-state index is -0.837. The van der Waals surface area contributed by atoms with Crippen molar-refractivity contribution in [3.8, 4) is 28.5 Å². The van der Waals surface area contributed by atoms with Crippen molar-refractivity contribution in [2.24, 2.45) is 0 Å². The molecule has 2 atom stereocenters. The van der Waals surface area contributed by atoms with E-state index in [2.05, 4.69) is 15.2 Å². The number of alkyl halides is 1. The van der Waals surface area contributed by atoms with Crippen molar-refractivity contribution in [2.45, 2.75) is 44.8 Å². The second-order valence-electron chi connectivity index (χ2n) is 7.26. The molecule has 0 bridgehead atoms. The quantitative estimate of drug-likeness (QED) is 0.714. The van der Waals surface area contributed by atoms with Gasteiger partial charge in [0.1, 0.15) is 17.7 Å². The predicted molar refractivity (Wildman–Crippen MR) is 105 cm³/mol. The molecule has 146 valence electrons. The molecule has 1 fully saturated rings. The van der Waals surface area contributed by atoms with E-state index >= 15 is 0 Å². The summed E-state index contributed by atoms with van der Waals surface area (Å²) in [6.07, 6.45) is 4.20. The summed E-state index contributed by atoms with van der Waals surface area (Å²) < 4.78 is 19.7. The maximum absolute atomic E-state index is 14.2. The summed E-state index contributed by atoms with van der Waals surface area (Å²) >= 11 is 0. The van der Waals surface area contributed by atoms with Crippen molar-refractivity contribution in [1.82, 2.24) is 15.2 Å². The Morgan fingerprint density at radius 1 is 1.14 bits per heavy atom. The van der Waals surface area contributed by atoms with Gasteiger partial charge in [-0.15, -0.1) is 10.2 Å². The summed E-state index contributed by atoms with van der Waals surface area (Å²) in [5.74, 6) is 1.86. The first-order valence-electron chi connectivity index (χ1n) is 9.50. The molecule has 7 heteroatoms. The number of benzene rings is 1. The van der Waals surface area contributed by atoms with Gasteiger partial charge in [0.15, 0.2) is 5.82 Å². The van der Waals surface area contributed by atoms with Crippen LogP contribution in [0.15, 0.2) is 40.9 Å². The van der Waals surface area contributed by atoms with E-state index in [0.717, 1.165) is 19.3 Å². The Hall–Kier alpha value is -2.96.